The first kappa shape index (κ1) is 19.6. The van der Waals surface area contributed by atoms with Gasteiger partial charge in [-0.05, 0) is 49.9 Å². The van der Waals surface area contributed by atoms with Gasteiger partial charge in [-0.1, -0.05) is 26.7 Å². The van der Waals surface area contributed by atoms with Crippen molar-refractivity contribution in [2.75, 3.05) is 13.1 Å². The SMILES string of the molecule is CCCCN(CCCC)C(=O)c1cc(C)c(C)c(S(N)(=O)=O)c1. The highest BCUT2D eigenvalue weighted by Crippen LogP contribution is 2.21. The fraction of sp³-hybridized carbons (Fsp3) is 0.588. The maximum atomic E-state index is 12.8. The summed E-state index contributed by atoms with van der Waals surface area (Å²) in [7, 11) is -3.84. The molecule has 1 aromatic carbocycles. The molecule has 0 fully saturated rings. The standard InChI is InChI=1S/C17H28N2O3S/c1-5-7-9-19(10-8-6-2)17(20)15-11-13(3)14(4)16(12-15)23(18,21)22/h11-12H,5-10H2,1-4H3,(H2,18,21,22). The third-order valence-electron chi connectivity index (χ3n) is 4.02. The number of aryl methyl sites for hydroxylation is 1. The second-order valence-corrected chi connectivity index (χ2v) is 7.49. The van der Waals surface area contributed by atoms with Crippen LogP contribution < -0.4 is 5.14 Å². The number of hydrogen-bond donors (Lipinski definition) is 1. The Balaban J connectivity index is 3.21. The monoisotopic (exact) mass is 340 g/mol. The number of sulfonamides is 1. The Morgan fingerprint density at radius 1 is 1.09 bits per heavy atom. The Labute approximate surface area is 139 Å². The van der Waals surface area contributed by atoms with Gasteiger partial charge in [0.1, 0.15) is 0 Å². The highest BCUT2D eigenvalue weighted by Gasteiger charge is 2.20. The van der Waals surface area contributed by atoms with E-state index in [0.717, 1.165) is 31.2 Å². The van der Waals surface area contributed by atoms with Crippen LogP contribution in [0.2, 0.25) is 0 Å². The number of rotatable bonds is 8. The molecule has 0 saturated carbocycles. The van der Waals surface area contributed by atoms with Crippen LogP contribution >= 0.6 is 0 Å². The van der Waals surface area contributed by atoms with Crippen molar-refractivity contribution >= 4 is 15.9 Å². The molecule has 5 nitrogen and oxygen atoms in total. The summed E-state index contributed by atoms with van der Waals surface area (Å²) in [6.45, 7) is 9.04. The van der Waals surface area contributed by atoms with Gasteiger partial charge in [0.15, 0.2) is 0 Å². The zero-order chi connectivity index (χ0) is 17.6. The molecule has 130 valence electrons. The lowest BCUT2D eigenvalue weighted by Gasteiger charge is -2.23. The number of unbranched alkanes of at least 4 members (excludes halogenated alkanes) is 2. The molecular weight excluding hydrogens is 312 g/mol. The summed E-state index contributed by atoms with van der Waals surface area (Å²) in [4.78, 5) is 14.6. The number of primary sulfonamides is 1. The van der Waals surface area contributed by atoms with E-state index in [1.807, 2.05) is 4.90 Å². The highest BCUT2D eigenvalue weighted by molar-refractivity contribution is 7.89. The average molecular weight is 340 g/mol. The number of amides is 1. The van der Waals surface area contributed by atoms with E-state index < -0.39 is 10.0 Å². The first-order valence-electron chi connectivity index (χ1n) is 8.15. The summed E-state index contributed by atoms with van der Waals surface area (Å²) < 4.78 is 23.5. The summed E-state index contributed by atoms with van der Waals surface area (Å²) in [5.41, 5.74) is 1.74. The van der Waals surface area contributed by atoms with Gasteiger partial charge in [0.05, 0.1) is 4.90 Å². The predicted molar refractivity (Wildman–Crippen MR) is 93.0 cm³/mol. The van der Waals surface area contributed by atoms with E-state index in [0.29, 0.717) is 24.2 Å². The van der Waals surface area contributed by atoms with Gasteiger partial charge in [0.25, 0.3) is 5.91 Å². The van der Waals surface area contributed by atoms with Crippen LogP contribution in [0.25, 0.3) is 0 Å². The molecule has 0 aromatic heterocycles. The van der Waals surface area contributed by atoms with E-state index >= 15 is 0 Å². The lowest BCUT2D eigenvalue weighted by atomic mass is 10.0. The number of carbonyl (C=O) groups excluding carboxylic acids is 1. The van der Waals surface area contributed by atoms with Gasteiger partial charge in [0, 0.05) is 18.7 Å². The fourth-order valence-electron chi connectivity index (χ4n) is 2.44. The third-order valence-corrected chi connectivity index (χ3v) is 5.06. The number of nitrogens with two attached hydrogens (primary N) is 1. The Hall–Kier alpha value is -1.40. The predicted octanol–water partition coefficient (Wildman–Crippen LogP) is 2.99. The molecule has 0 atom stereocenters. The number of nitrogens with zero attached hydrogens (tertiary/aromatic N) is 1. The zero-order valence-corrected chi connectivity index (χ0v) is 15.4. The Morgan fingerprint density at radius 3 is 2.04 bits per heavy atom. The molecule has 0 aliphatic heterocycles. The highest BCUT2D eigenvalue weighted by atomic mass is 32.2. The molecule has 0 radical (unpaired) electrons. The zero-order valence-electron chi connectivity index (χ0n) is 14.6. The van der Waals surface area contributed by atoms with Crippen molar-refractivity contribution in [1.29, 1.82) is 0 Å². The van der Waals surface area contributed by atoms with E-state index in [9.17, 15) is 13.2 Å². The van der Waals surface area contributed by atoms with E-state index in [1.165, 1.54) is 6.07 Å². The molecule has 2 N–H and O–H groups in total. The van der Waals surface area contributed by atoms with Crippen LogP contribution in [0.3, 0.4) is 0 Å². The van der Waals surface area contributed by atoms with Crippen molar-refractivity contribution in [3.8, 4) is 0 Å². The second kappa shape index (κ2) is 8.45. The normalized spacial score (nSPS) is 11.5. The van der Waals surface area contributed by atoms with Gasteiger partial charge >= 0.3 is 0 Å². The van der Waals surface area contributed by atoms with Crippen LogP contribution in [0.4, 0.5) is 0 Å². The van der Waals surface area contributed by atoms with E-state index in [-0.39, 0.29) is 10.8 Å². The maximum Gasteiger partial charge on any atom is 0.253 e. The Kier molecular flexibility index (Phi) is 7.22. The molecule has 0 aliphatic carbocycles. The summed E-state index contributed by atoms with van der Waals surface area (Å²) in [5, 5.41) is 5.28. The van der Waals surface area contributed by atoms with Gasteiger partial charge in [-0.2, -0.15) is 0 Å². The first-order valence-corrected chi connectivity index (χ1v) is 9.70. The molecule has 0 unspecified atom stereocenters. The summed E-state index contributed by atoms with van der Waals surface area (Å²) in [5.74, 6) is -0.125. The van der Waals surface area contributed by atoms with Gasteiger partial charge in [-0.15, -0.1) is 0 Å². The van der Waals surface area contributed by atoms with Crippen LogP contribution in [-0.2, 0) is 10.0 Å². The molecule has 0 saturated heterocycles. The van der Waals surface area contributed by atoms with Crippen LogP contribution in [-0.4, -0.2) is 32.3 Å². The average Bonchev–Trinajstić information content (AvgIpc) is 2.48. The molecule has 1 aromatic rings. The van der Waals surface area contributed by atoms with Crippen LogP contribution in [0.5, 0.6) is 0 Å². The van der Waals surface area contributed by atoms with Crippen LogP contribution in [0.1, 0.15) is 61.0 Å². The second-order valence-electron chi connectivity index (χ2n) is 5.96. The van der Waals surface area contributed by atoms with E-state index in [2.05, 4.69) is 13.8 Å². The topological polar surface area (TPSA) is 80.5 Å². The first-order chi connectivity index (χ1) is 10.7. The van der Waals surface area contributed by atoms with Crippen molar-refractivity contribution in [3.05, 3.63) is 28.8 Å². The Morgan fingerprint density at radius 2 is 1.61 bits per heavy atom. The quantitative estimate of drug-likeness (QED) is 0.790. The van der Waals surface area contributed by atoms with Crippen LogP contribution in [0, 0.1) is 13.8 Å². The largest absolute Gasteiger partial charge is 0.339 e. The van der Waals surface area contributed by atoms with Gasteiger partial charge in [-0.3, -0.25) is 4.79 Å². The van der Waals surface area contributed by atoms with Crippen molar-refractivity contribution in [3.63, 3.8) is 0 Å². The molecule has 23 heavy (non-hydrogen) atoms. The van der Waals surface area contributed by atoms with Gasteiger partial charge < -0.3 is 4.90 Å². The minimum Gasteiger partial charge on any atom is -0.339 e. The van der Waals surface area contributed by atoms with Crippen molar-refractivity contribution < 1.29 is 13.2 Å². The molecule has 0 heterocycles. The van der Waals surface area contributed by atoms with Gasteiger partial charge in [-0.25, -0.2) is 13.6 Å². The number of benzene rings is 1. The Bertz CT molecular complexity index is 646. The molecule has 0 bridgehead atoms. The number of hydrogen-bond acceptors (Lipinski definition) is 3. The van der Waals surface area contributed by atoms with Crippen molar-refractivity contribution in [2.45, 2.75) is 58.3 Å². The molecule has 1 amide bonds. The van der Waals surface area contributed by atoms with E-state index in [1.54, 1.807) is 19.9 Å². The third kappa shape index (κ3) is 5.32. The smallest absolute Gasteiger partial charge is 0.253 e. The summed E-state index contributed by atoms with van der Waals surface area (Å²) in [6.07, 6.45) is 3.88. The summed E-state index contributed by atoms with van der Waals surface area (Å²) in [6, 6.07) is 3.15. The van der Waals surface area contributed by atoms with Gasteiger partial charge in [0.2, 0.25) is 10.0 Å². The lowest BCUT2D eigenvalue weighted by molar-refractivity contribution is 0.0750. The fourth-order valence-corrected chi connectivity index (χ4v) is 3.32. The van der Waals surface area contributed by atoms with Crippen molar-refractivity contribution in [2.24, 2.45) is 5.14 Å². The van der Waals surface area contributed by atoms with Crippen LogP contribution in [0.15, 0.2) is 17.0 Å². The maximum absolute atomic E-state index is 12.8. The molecular formula is C17H28N2O3S. The lowest BCUT2D eigenvalue weighted by Crippen LogP contribution is -2.33. The van der Waals surface area contributed by atoms with E-state index in [4.69, 9.17) is 5.14 Å². The molecule has 6 heteroatoms. The number of carbonyl (C=O) groups is 1. The van der Waals surface area contributed by atoms with Crippen molar-refractivity contribution in [1.82, 2.24) is 4.90 Å². The minimum absolute atomic E-state index is 0.0341. The minimum atomic E-state index is -3.84. The molecule has 0 spiro atoms. The molecule has 1 rings (SSSR count). The summed E-state index contributed by atoms with van der Waals surface area (Å²) >= 11 is 0. The molecule has 0 aliphatic rings.